The van der Waals surface area contributed by atoms with Crippen LogP contribution in [0.5, 0.6) is 11.5 Å². The Morgan fingerprint density at radius 3 is 2.61 bits per heavy atom. The van der Waals surface area contributed by atoms with Crippen molar-refractivity contribution in [2.24, 2.45) is 0 Å². The van der Waals surface area contributed by atoms with Crippen LogP contribution in [0.4, 0.5) is 10.1 Å². The summed E-state index contributed by atoms with van der Waals surface area (Å²) in [5.41, 5.74) is 4.49. The van der Waals surface area contributed by atoms with Gasteiger partial charge in [0.05, 0.1) is 12.2 Å². The number of piperidine rings is 1. The van der Waals surface area contributed by atoms with Crippen molar-refractivity contribution < 1.29 is 9.13 Å². The summed E-state index contributed by atoms with van der Waals surface area (Å²) < 4.78 is 22.0. The zero-order valence-corrected chi connectivity index (χ0v) is 18.1. The van der Waals surface area contributed by atoms with E-state index < -0.39 is 0 Å². The molecule has 1 aromatic heterocycles. The maximum absolute atomic E-state index is 13.4. The van der Waals surface area contributed by atoms with Gasteiger partial charge in [0.15, 0.2) is 0 Å². The zero-order valence-electron chi connectivity index (χ0n) is 18.1. The Balaban J connectivity index is 1.56. The van der Waals surface area contributed by atoms with Crippen LogP contribution in [0, 0.1) is 5.82 Å². The first-order valence-electron chi connectivity index (χ1n) is 11.2. The van der Waals surface area contributed by atoms with Gasteiger partial charge in [0.1, 0.15) is 17.3 Å². The quantitative estimate of drug-likeness (QED) is 0.632. The predicted octanol–water partition coefficient (Wildman–Crippen LogP) is 5.18. The van der Waals surface area contributed by atoms with Crippen molar-refractivity contribution in [2.45, 2.75) is 44.7 Å². The van der Waals surface area contributed by atoms with E-state index in [4.69, 9.17) is 4.74 Å². The molecule has 2 aliphatic rings. The Bertz CT molecular complexity index is 1060. The standard InChI is InChI=1S/C25H29FN4O/c1-17-3-8-23-24(29(17)2)10-9-22(25(23)31-21-6-4-19(26)5-7-21)18-15-28-30(16-18)20-11-13-27-14-12-20/h4-7,9-10,15-17,20,27H,3,8,11-14H2,1-2H3. The lowest BCUT2D eigenvalue weighted by atomic mass is 9.93. The first-order chi connectivity index (χ1) is 15.1. The van der Waals surface area contributed by atoms with Gasteiger partial charge in [-0.3, -0.25) is 4.68 Å². The van der Waals surface area contributed by atoms with E-state index in [2.05, 4.69) is 52.3 Å². The highest BCUT2D eigenvalue weighted by Crippen LogP contribution is 2.44. The molecule has 1 N–H and O–H groups in total. The monoisotopic (exact) mass is 420 g/mol. The summed E-state index contributed by atoms with van der Waals surface area (Å²) in [5.74, 6) is 1.23. The van der Waals surface area contributed by atoms with E-state index in [9.17, 15) is 4.39 Å². The molecule has 3 aromatic rings. The molecule has 1 unspecified atom stereocenters. The average molecular weight is 421 g/mol. The molecule has 2 aromatic carbocycles. The minimum Gasteiger partial charge on any atom is -0.456 e. The molecule has 1 fully saturated rings. The lowest BCUT2D eigenvalue weighted by molar-refractivity contribution is 0.343. The van der Waals surface area contributed by atoms with Crippen LogP contribution in [-0.2, 0) is 6.42 Å². The van der Waals surface area contributed by atoms with Crippen LogP contribution in [0.3, 0.4) is 0 Å². The van der Waals surface area contributed by atoms with Crippen LogP contribution in [0.1, 0.15) is 37.8 Å². The predicted molar refractivity (Wildman–Crippen MR) is 121 cm³/mol. The summed E-state index contributed by atoms with van der Waals surface area (Å²) in [7, 11) is 2.14. The van der Waals surface area contributed by atoms with Crippen LogP contribution in [-0.4, -0.2) is 36.0 Å². The number of ether oxygens (including phenoxy) is 1. The van der Waals surface area contributed by atoms with E-state index in [1.807, 2.05) is 6.20 Å². The molecule has 162 valence electrons. The van der Waals surface area contributed by atoms with Crippen molar-refractivity contribution in [2.75, 3.05) is 25.0 Å². The second-order valence-electron chi connectivity index (χ2n) is 8.68. The molecule has 0 aliphatic carbocycles. The van der Waals surface area contributed by atoms with Gasteiger partial charge in [0.2, 0.25) is 0 Å². The van der Waals surface area contributed by atoms with E-state index in [0.717, 1.165) is 55.6 Å². The molecule has 0 amide bonds. The largest absolute Gasteiger partial charge is 0.456 e. The van der Waals surface area contributed by atoms with Crippen LogP contribution >= 0.6 is 0 Å². The van der Waals surface area contributed by atoms with Gasteiger partial charge in [-0.2, -0.15) is 5.10 Å². The third-order valence-corrected chi connectivity index (χ3v) is 6.72. The fourth-order valence-corrected chi connectivity index (χ4v) is 4.69. The van der Waals surface area contributed by atoms with E-state index in [-0.39, 0.29) is 5.82 Å². The molecule has 0 saturated carbocycles. The van der Waals surface area contributed by atoms with Crippen LogP contribution < -0.4 is 15.0 Å². The molecule has 0 bridgehead atoms. The smallest absolute Gasteiger partial charge is 0.140 e. The summed E-state index contributed by atoms with van der Waals surface area (Å²) >= 11 is 0. The number of anilines is 1. The van der Waals surface area contributed by atoms with Crippen molar-refractivity contribution in [3.63, 3.8) is 0 Å². The Morgan fingerprint density at radius 2 is 1.84 bits per heavy atom. The van der Waals surface area contributed by atoms with E-state index >= 15 is 0 Å². The molecule has 5 rings (SSSR count). The molecule has 3 heterocycles. The highest BCUT2D eigenvalue weighted by atomic mass is 19.1. The van der Waals surface area contributed by atoms with Crippen molar-refractivity contribution in [1.29, 1.82) is 0 Å². The summed E-state index contributed by atoms with van der Waals surface area (Å²) in [4.78, 5) is 2.32. The molecule has 31 heavy (non-hydrogen) atoms. The van der Waals surface area contributed by atoms with Gasteiger partial charge < -0.3 is 15.0 Å². The summed E-state index contributed by atoms with van der Waals surface area (Å²) in [6.45, 7) is 4.31. The number of benzene rings is 2. The van der Waals surface area contributed by atoms with Crippen molar-refractivity contribution >= 4 is 5.69 Å². The third-order valence-electron chi connectivity index (χ3n) is 6.72. The lowest BCUT2D eigenvalue weighted by Crippen LogP contribution is -2.33. The van der Waals surface area contributed by atoms with Gasteiger partial charge in [0.25, 0.3) is 0 Å². The van der Waals surface area contributed by atoms with Crippen LogP contribution in [0.25, 0.3) is 11.1 Å². The Kier molecular flexibility index (Phi) is 5.40. The fourth-order valence-electron chi connectivity index (χ4n) is 4.69. The average Bonchev–Trinajstić information content (AvgIpc) is 3.29. The lowest BCUT2D eigenvalue weighted by Gasteiger charge is -2.35. The van der Waals surface area contributed by atoms with Gasteiger partial charge in [-0.05, 0) is 82.1 Å². The van der Waals surface area contributed by atoms with E-state index in [1.165, 1.54) is 23.4 Å². The van der Waals surface area contributed by atoms with Crippen molar-refractivity contribution in [3.05, 3.63) is 60.2 Å². The molecular weight excluding hydrogens is 391 g/mol. The summed E-state index contributed by atoms with van der Waals surface area (Å²) in [6.07, 6.45) is 8.29. The number of aromatic nitrogens is 2. The number of halogens is 1. The molecule has 0 radical (unpaired) electrons. The number of hydrogen-bond acceptors (Lipinski definition) is 4. The van der Waals surface area contributed by atoms with Crippen molar-refractivity contribution in [1.82, 2.24) is 15.1 Å². The second kappa shape index (κ2) is 8.35. The SMILES string of the molecule is CC1CCc2c(ccc(-c3cnn(C4CCNCC4)c3)c2Oc2ccc(F)cc2)N1C. The molecule has 2 aliphatic heterocycles. The van der Waals surface area contributed by atoms with Crippen LogP contribution in [0.2, 0.25) is 0 Å². The minimum atomic E-state index is -0.264. The molecule has 6 heteroatoms. The molecule has 0 spiro atoms. The number of nitrogens with one attached hydrogen (secondary N) is 1. The molecular formula is C25H29FN4O. The van der Waals surface area contributed by atoms with E-state index in [1.54, 1.807) is 12.1 Å². The number of rotatable bonds is 4. The zero-order chi connectivity index (χ0) is 21.4. The number of hydrogen-bond donors (Lipinski definition) is 1. The first-order valence-corrected chi connectivity index (χ1v) is 11.2. The third kappa shape index (κ3) is 3.92. The highest BCUT2D eigenvalue weighted by molar-refractivity contribution is 5.78. The normalized spacial score (nSPS) is 19.3. The minimum absolute atomic E-state index is 0.264. The molecule has 5 nitrogen and oxygen atoms in total. The van der Waals surface area contributed by atoms with E-state index in [0.29, 0.717) is 17.8 Å². The number of fused-ring (bicyclic) bond motifs is 1. The second-order valence-corrected chi connectivity index (χ2v) is 8.68. The maximum atomic E-state index is 13.4. The van der Waals surface area contributed by atoms with Crippen LogP contribution in [0.15, 0.2) is 48.8 Å². The number of nitrogens with zero attached hydrogens (tertiary/aromatic N) is 3. The maximum Gasteiger partial charge on any atom is 0.140 e. The summed E-state index contributed by atoms with van der Waals surface area (Å²) in [6, 6.07) is 11.5. The Hall–Kier alpha value is -2.86. The van der Waals surface area contributed by atoms with Gasteiger partial charge in [-0.1, -0.05) is 0 Å². The topological polar surface area (TPSA) is 42.3 Å². The first kappa shape index (κ1) is 20.1. The fraction of sp³-hybridized carbons (Fsp3) is 0.400. The van der Waals surface area contributed by atoms with Gasteiger partial charge in [0, 0.05) is 41.7 Å². The van der Waals surface area contributed by atoms with Gasteiger partial charge in [-0.25, -0.2) is 4.39 Å². The Morgan fingerprint density at radius 1 is 1.06 bits per heavy atom. The molecule has 1 saturated heterocycles. The van der Waals surface area contributed by atoms with Gasteiger partial charge in [-0.15, -0.1) is 0 Å². The molecule has 1 atom stereocenters. The Labute approximate surface area is 182 Å². The van der Waals surface area contributed by atoms with Crippen molar-refractivity contribution in [3.8, 4) is 22.6 Å². The summed E-state index contributed by atoms with van der Waals surface area (Å²) in [5, 5.41) is 8.10. The van der Waals surface area contributed by atoms with Gasteiger partial charge >= 0.3 is 0 Å². The highest BCUT2D eigenvalue weighted by Gasteiger charge is 2.26.